The summed E-state index contributed by atoms with van der Waals surface area (Å²) in [6.07, 6.45) is -2.70. The third kappa shape index (κ3) is 7.29. The topological polar surface area (TPSA) is 67.9 Å². The first-order valence-electron chi connectivity index (χ1n) is 12.2. The van der Waals surface area contributed by atoms with E-state index in [1.54, 1.807) is 31.4 Å². The minimum atomic E-state index is -4.33. The molecule has 1 saturated heterocycles. The van der Waals surface area contributed by atoms with Gasteiger partial charge >= 0.3 is 6.18 Å². The lowest BCUT2D eigenvalue weighted by molar-refractivity contribution is -0.137. The van der Waals surface area contributed by atoms with Gasteiger partial charge in [0.1, 0.15) is 5.75 Å². The molecule has 0 bridgehead atoms. The number of halogens is 3. The van der Waals surface area contributed by atoms with E-state index in [1.807, 2.05) is 23.5 Å². The third-order valence-corrected chi connectivity index (χ3v) is 9.43. The molecule has 11 heteroatoms. The van der Waals surface area contributed by atoms with Crippen LogP contribution in [0.5, 0.6) is 5.75 Å². The van der Waals surface area contributed by atoms with Crippen LogP contribution < -0.4 is 10.1 Å². The number of nitrogens with one attached hydrogen (secondary N) is 1. The van der Waals surface area contributed by atoms with Crippen molar-refractivity contribution in [3.63, 3.8) is 0 Å². The number of carbonyl (C=O) groups is 1. The van der Waals surface area contributed by atoms with E-state index in [0.29, 0.717) is 37.5 Å². The standard InChI is InChI=1S/C27H30F3N3O3S2/c1-32(18-19-6-8-21(9-7-19)27(28,29)30)22-12-14-33(15-13-22)38(35)25-11-10-24(37-25)17-31-26(34)20-4-3-5-23(16-20)36-2/h3-11,16,22H,12-15,17-18H2,1-2H3,(H,31,34). The number of methoxy groups -OCH3 is 1. The Hall–Kier alpha value is -2.57. The van der Waals surface area contributed by atoms with Crippen molar-refractivity contribution in [2.24, 2.45) is 0 Å². The van der Waals surface area contributed by atoms with E-state index in [0.717, 1.165) is 39.6 Å². The number of rotatable bonds is 9. The number of nitrogens with zero attached hydrogens (tertiary/aromatic N) is 2. The Morgan fingerprint density at radius 1 is 1.16 bits per heavy atom. The normalized spacial score (nSPS) is 16.0. The van der Waals surface area contributed by atoms with Crippen molar-refractivity contribution in [2.75, 3.05) is 27.2 Å². The summed E-state index contributed by atoms with van der Waals surface area (Å²) < 4.78 is 59.4. The molecule has 1 amide bonds. The van der Waals surface area contributed by atoms with Crippen LogP contribution in [0.25, 0.3) is 0 Å². The average Bonchev–Trinajstić information content (AvgIpc) is 3.40. The van der Waals surface area contributed by atoms with Gasteiger partial charge in [-0.1, -0.05) is 29.5 Å². The highest BCUT2D eigenvalue weighted by molar-refractivity contribution is 7.91. The molecule has 38 heavy (non-hydrogen) atoms. The SMILES string of the molecule is COc1cccc(C(=O)NCc2ccc([S+]([O-])N3CCC(N(C)Cc4ccc(C(F)(F)F)cc4)CC3)s2)c1. The molecule has 0 aliphatic carbocycles. The molecule has 1 fully saturated rings. The molecule has 1 unspecified atom stereocenters. The summed E-state index contributed by atoms with van der Waals surface area (Å²) in [5.74, 6) is 0.406. The number of benzene rings is 2. The molecule has 1 aromatic heterocycles. The van der Waals surface area contributed by atoms with Crippen LogP contribution in [0.1, 0.15) is 39.2 Å². The minimum Gasteiger partial charge on any atom is -0.592 e. The summed E-state index contributed by atoms with van der Waals surface area (Å²) in [6.45, 7) is 2.22. The zero-order chi connectivity index (χ0) is 27.3. The molecule has 2 aromatic carbocycles. The highest BCUT2D eigenvalue weighted by Gasteiger charge is 2.32. The molecule has 3 aromatic rings. The molecule has 0 saturated carbocycles. The van der Waals surface area contributed by atoms with Crippen molar-refractivity contribution >= 4 is 28.6 Å². The number of hydrogen-bond donors (Lipinski definition) is 1. The maximum atomic E-state index is 13.2. The van der Waals surface area contributed by atoms with E-state index < -0.39 is 23.1 Å². The Morgan fingerprint density at radius 2 is 1.87 bits per heavy atom. The van der Waals surface area contributed by atoms with Gasteiger partial charge in [0.05, 0.1) is 30.6 Å². The van der Waals surface area contributed by atoms with Crippen molar-refractivity contribution in [1.29, 1.82) is 0 Å². The summed E-state index contributed by atoms with van der Waals surface area (Å²) in [5.41, 5.74) is 0.697. The fraction of sp³-hybridized carbons (Fsp3) is 0.370. The summed E-state index contributed by atoms with van der Waals surface area (Å²) in [7, 11) is 3.52. The van der Waals surface area contributed by atoms with Crippen LogP contribution in [0, 0.1) is 0 Å². The second kappa shape index (κ2) is 12.5. The van der Waals surface area contributed by atoms with Gasteiger partial charge in [0.25, 0.3) is 5.91 Å². The molecule has 0 spiro atoms. The van der Waals surface area contributed by atoms with Crippen LogP contribution in [0.2, 0.25) is 0 Å². The molecule has 204 valence electrons. The van der Waals surface area contributed by atoms with E-state index in [4.69, 9.17) is 4.74 Å². The number of amides is 1. The third-order valence-electron chi connectivity index (χ3n) is 6.56. The van der Waals surface area contributed by atoms with Gasteiger partial charge in [0, 0.05) is 42.2 Å². The smallest absolute Gasteiger partial charge is 0.416 e. The van der Waals surface area contributed by atoms with Crippen LogP contribution in [0.4, 0.5) is 13.2 Å². The van der Waals surface area contributed by atoms with Crippen LogP contribution in [-0.2, 0) is 30.6 Å². The molecule has 1 N–H and O–H groups in total. The highest BCUT2D eigenvalue weighted by atomic mass is 32.2. The Bertz CT molecular complexity index is 1210. The van der Waals surface area contributed by atoms with Gasteiger partial charge < -0.3 is 14.6 Å². The van der Waals surface area contributed by atoms with Gasteiger partial charge in [0.2, 0.25) is 4.21 Å². The fourth-order valence-electron chi connectivity index (χ4n) is 4.37. The van der Waals surface area contributed by atoms with E-state index in [1.165, 1.54) is 23.5 Å². The Morgan fingerprint density at radius 3 is 2.53 bits per heavy atom. The molecule has 1 aliphatic rings. The van der Waals surface area contributed by atoms with Crippen LogP contribution in [0.3, 0.4) is 0 Å². The maximum Gasteiger partial charge on any atom is 0.416 e. The fourth-order valence-corrected chi connectivity index (χ4v) is 6.95. The van der Waals surface area contributed by atoms with Gasteiger partial charge in [0.15, 0.2) is 0 Å². The van der Waals surface area contributed by atoms with Crippen molar-refractivity contribution < 1.29 is 27.3 Å². The Balaban J connectivity index is 1.24. The van der Waals surface area contributed by atoms with Crippen molar-refractivity contribution in [2.45, 2.75) is 42.4 Å². The van der Waals surface area contributed by atoms with Crippen LogP contribution in [-0.4, -0.2) is 53.0 Å². The van der Waals surface area contributed by atoms with E-state index in [2.05, 4.69) is 10.2 Å². The lowest BCUT2D eigenvalue weighted by Gasteiger charge is -2.35. The molecule has 6 nitrogen and oxygen atoms in total. The molecular formula is C27H30F3N3O3S2. The lowest BCUT2D eigenvalue weighted by Crippen LogP contribution is -2.45. The highest BCUT2D eigenvalue weighted by Crippen LogP contribution is 2.30. The van der Waals surface area contributed by atoms with Gasteiger partial charge in [-0.05, 0) is 61.9 Å². The second-order valence-corrected chi connectivity index (χ2v) is 12.0. The average molecular weight is 566 g/mol. The molecule has 2 heterocycles. The Labute approximate surface area is 227 Å². The minimum absolute atomic E-state index is 0.206. The Kier molecular flexibility index (Phi) is 9.37. The van der Waals surface area contributed by atoms with Crippen molar-refractivity contribution in [3.05, 3.63) is 82.2 Å². The first kappa shape index (κ1) is 28.4. The monoisotopic (exact) mass is 565 g/mol. The van der Waals surface area contributed by atoms with Gasteiger partial charge in [-0.2, -0.15) is 13.2 Å². The first-order valence-corrected chi connectivity index (χ1v) is 14.1. The van der Waals surface area contributed by atoms with E-state index in [9.17, 15) is 22.5 Å². The summed E-state index contributed by atoms with van der Waals surface area (Å²) in [5, 5.41) is 2.89. The molecular weight excluding hydrogens is 535 g/mol. The van der Waals surface area contributed by atoms with Crippen LogP contribution >= 0.6 is 11.3 Å². The number of thiophene rings is 1. The van der Waals surface area contributed by atoms with E-state index >= 15 is 0 Å². The molecule has 1 atom stereocenters. The second-order valence-electron chi connectivity index (χ2n) is 9.15. The van der Waals surface area contributed by atoms with Crippen LogP contribution in [0.15, 0.2) is 64.9 Å². The number of hydrogen-bond acceptors (Lipinski definition) is 6. The predicted octanol–water partition coefficient (Wildman–Crippen LogP) is 5.32. The van der Waals surface area contributed by atoms with Gasteiger partial charge in [-0.3, -0.25) is 9.69 Å². The van der Waals surface area contributed by atoms with E-state index in [-0.39, 0.29) is 11.9 Å². The van der Waals surface area contributed by atoms with Crippen molar-refractivity contribution in [3.8, 4) is 5.75 Å². The molecule has 1 aliphatic heterocycles. The van der Waals surface area contributed by atoms with Crippen molar-refractivity contribution in [1.82, 2.24) is 14.5 Å². The number of carbonyl (C=O) groups excluding carboxylic acids is 1. The quantitative estimate of drug-likeness (QED) is 0.356. The zero-order valence-electron chi connectivity index (χ0n) is 21.2. The number of alkyl halides is 3. The van der Waals surface area contributed by atoms with Gasteiger partial charge in [-0.15, -0.1) is 4.31 Å². The maximum absolute atomic E-state index is 13.2. The number of piperidine rings is 1. The van der Waals surface area contributed by atoms with Gasteiger partial charge in [-0.25, -0.2) is 0 Å². The summed E-state index contributed by atoms with van der Waals surface area (Å²) >= 11 is 0.136. The molecule has 4 rings (SSSR count). The summed E-state index contributed by atoms with van der Waals surface area (Å²) in [6, 6.07) is 16.2. The largest absolute Gasteiger partial charge is 0.592 e. The molecule has 0 radical (unpaired) electrons. The predicted molar refractivity (Wildman–Crippen MR) is 142 cm³/mol. The number of ether oxygens (including phenoxy) is 1. The summed E-state index contributed by atoms with van der Waals surface area (Å²) in [4.78, 5) is 15.5. The first-order chi connectivity index (χ1) is 18.1. The lowest BCUT2D eigenvalue weighted by atomic mass is 10.0. The zero-order valence-corrected chi connectivity index (χ0v) is 22.8.